The first-order valence-corrected chi connectivity index (χ1v) is 6.27. The second kappa shape index (κ2) is 6.72. The molecule has 0 saturated carbocycles. The molecule has 2 aromatic rings. The third kappa shape index (κ3) is 4.10. The van der Waals surface area contributed by atoms with Gasteiger partial charge in [-0.2, -0.15) is 0 Å². The fourth-order valence-electron chi connectivity index (χ4n) is 1.47. The van der Waals surface area contributed by atoms with E-state index < -0.39 is 0 Å². The lowest BCUT2D eigenvalue weighted by Crippen LogP contribution is -2.16. The summed E-state index contributed by atoms with van der Waals surface area (Å²) in [7, 11) is 0. The number of anilines is 2. The lowest BCUT2D eigenvalue weighted by Gasteiger charge is -2.08. The zero-order valence-corrected chi connectivity index (χ0v) is 11.3. The average molecular weight is 293 g/mol. The van der Waals surface area contributed by atoms with Gasteiger partial charge in [0, 0.05) is 6.07 Å². The van der Waals surface area contributed by atoms with Crippen molar-refractivity contribution < 1.29 is 9.53 Å². The Morgan fingerprint density at radius 2 is 2.15 bits per heavy atom. The number of nitrogen functional groups attached to an aromatic ring is 1. The van der Waals surface area contributed by atoms with Crippen molar-refractivity contribution in [2.45, 2.75) is 6.42 Å². The number of hydrogen-bond donors (Lipinski definition) is 2. The Morgan fingerprint density at radius 1 is 1.35 bits per heavy atom. The third-order valence-corrected chi connectivity index (χ3v) is 2.61. The molecule has 0 atom stereocenters. The smallest absolute Gasteiger partial charge is 0.228 e. The minimum Gasteiger partial charge on any atom is -0.491 e. The van der Waals surface area contributed by atoms with Crippen molar-refractivity contribution in [3.63, 3.8) is 0 Å². The molecule has 0 spiro atoms. The van der Waals surface area contributed by atoms with Crippen LogP contribution in [0.15, 0.2) is 36.7 Å². The molecule has 0 aliphatic carbocycles. The van der Waals surface area contributed by atoms with Crippen LogP contribution in [-0.4, -0.2) is 22.5 Å². The number of amides is 1. The Bertz CT molecular complexity index is 606. The molecule has 20 heavy (non-hydrogen) atoms. The fraction of sp³-hybridized carbons (Fsp3) is 0.154. The minimum atomic E-state index is -0.228. The monoisotopic (exact) mass is 292 g/mol. The molecule has 104 valence electrons. The van der Waals surface area contributed by atoms with E-state index in [0.29, 0.717) is 17.3 Å². The summed E-state index contributed by atoms with van der Waals surface area (Å²) in [5.74, 6) is 0.689. The number of ether oxygens (including phenoxy) is 1. The molecule has 0 saturated heterocycles. The molecule has 1 aromatic heterocycles. The van der Waals surface area contributed by atoms with Crippen molar-refractivity contribution >= 4 is 29.0 Å². The second-order valence-corrected chi connectivity index (χ2v) is 4.30. The minimum absolute atomic E-state index is 0.177. The van der Waals surface area contributed by atoms with Crippen LogP contribution in [0.1, 0.15) is 6.42 Å². The summed E-state index contributed by atoms with van der Waals surface area (Å²) in [6, 6.07) is 8.58. The van der Waals surface area contributed by atoms with Gasteiger partial charge in [-0.3, -0.25) is 4.79 Å². The Balaban J connectivity index is 1.80. The maximum Gasteiger partial charge on any atom is 0.228 e. The summed E-state index contributed by atoms with van der Waals surface area (Å²) >= 11 is 5.69. The van der Waals surface area contributed by atoms with Crippen molar-refractivity contribution in [3.8, 4) is 5.75 Å². The first-order valence-electron chi connectivity index (χ1n) is 5.90. The van der Waals surface area contributed by atoms with Gasteiger partial charge >= 0.3 is 0 Å². The van der Waals surface area contributed by atoms with E-state index in [1.807, 2.05) is 12.1 Å². The van der Waals surface area contributed by atoms with Gasteiger partial charge in [-0.05, 0) is 12.1 Å². The van der Waals surface area contributed by atoms with Crippen LogP contribution >= 0.6 is 11.6 Å². The highest BCUT2D eigenvalue weighted by molar-refractivity contribution is 6.29. The van der Waals surface area contributed by atoms with E-state index in [1.54, 1.807) is 12.1 Å². The Morgan fingerprint density at radius 3 is 2.90 bits per heavy atom. The maximum atomic E-state index is 11.7. The first kappa shape index (κ1) is 14.1. The van der Waals surface area contributed by atoms with Crippen LogP contribution in [0.4, 0.5) is 11.5 Å². The summed E-state index contributed by atoms with van der Waals surface area (Å²) in [4.78, 5) is 19.3. The summed E-state index contributed by atoms with van der Waals surface area (Å²) in [6.07, 6.45) is 1.45. The van der Waals surface area contributed by atoms with Gasteiger partial charge < -0.3 is 15.8 Å². The van der Waals surface area contributed by atoms with Crippen LogP contribution < -0.4 is 15.8 Å². The van der Waals surface area contributed by atoms with Crippen molar-refractivity contribution in [1.29, 1.82) is 0 Å². The molecule has 0 aliphatic rings. The third-order valence-electron chi connectivity index (χ3n) is 2.41. The zero-order chi connectivity index (χ0) is 14.4. The molecule has 1 aromatic carbocycles. The van der Waals surface area contributed by atoms with Crippen LogP contribution in [-0.2, 0) is 4.79 Å². The molecule has 7 heteroatoms. The molecule has 0 bridgehead atoms. The zero-order valence-electron chi connectivity index (χ0n) is 10.5. The van der Waals surface area contributed by atoms with Crippen LogP contribution in [0.25, 0.3) is 0 Å². The quantitative estimate of drug-likeness (QED) is 0.651. The first-order chi connectivity index (χ1) is 9.65. The van der Waals surface area contributed by atoms with Gasteiger partial charge in [0.25, 0.3) is 0 Å². The number of nitrogens with zero attached hydrogens (tertiary/aromatic N) is 2. The van der Waals surface area contributed by atoms with Crippen molar-refractivity contribution in [2.24, 2.45) is 0 Å². The number of aromatic nitrogens is 2. The van der Waals surface area contributed by atoms with Gasteiger partial charge in [-0.15, -0.1) is 0 Å². The molecule has 0 radical (unpaired) electrons. The number of nitrogens with two attached hydrogens (primary N) is 1. The molecule has 0 unspecified atom stereocenters. The van der Waals surface area contributed by atoms with Gasteiger partial charge in [-0.1, -0.05) is 23.7 Å². The van der Waals surface area contributed by atoms with E-state index in [0.717, 1.165) is 0 Å². The van der Waals surface area contributed by atoms with Gasteiger partial charge in [0.1, 0.15) is 23.0 Å². The molecule has 6 nitrogen and oxygen atoms in total. The van der Waals surface area contributed by atoms with E-state index in [9.17, 15) is 4.79 Å². The van der Waals surface area contributed by atoms with E-state index in [-0.39, 0.29) is 24.1 Å². The highest BCUT2D eigenvalue weighted by Gasteiger charge is 2.05. The molecule has 3 N–H and O–H groups in total. The largest absolute Gasteiger partial charge is 0.491 e. The summed E-state index contributed by atoms with van der Waals surface area (Å²) < 4.78 is 5.42. The van der Waals surface area contributed by atoms with Crippen LogP contribution in [0.3, 0.4) is 0 Å². The molecular weight excluding hydrogens is 280 g/mol. The van der Waals surface area contributed by atoms with Gasteiger partial charge in [-0.25, -0.2) is 9.97 Å². The lowest BCUT2D eigenvalue weighted by atomic mass is 10.3. The molecular formula is C13H13ClN4O2. The van der Waals surface area contributed by atoms with Crippen LogP contribution in [0.5, 0.6) is 5.75 Å². The SMILES string of the molecule is Nc1ccccc1OCCC(=O)Nc1cc(Cl)ncn1. The number of nitrogens with one attached hydrogen (secondary N) is 1. The number of benzene rings is 1. The Kier molecular flexibility index (Phi) is 4.73. The average Bonchev–Trinajstić information content (AvgIpc) is 2.41. The number of carbonyl (C=O) groups is 1. The number of rotatable bonds is 5. The second-order valence-electron chi connectivity index (χ2n) is 3.91. The Labute approximate surface area is 120 Å². The normalized spacial score (nSPS) is 10.1. The molecule has 1 amide bonds. The van der Waals surface area contributed by atoms with Gasteiger partial charge in [0.2, 0.25) is 5.91 Å². The van der Waals surface area contributed by atoms with Gasteiger partial charge in [0.15, 0.2) is 0 Å². The van der Waals surface area contributed by atoms with Gasteiger partial charge in [0.05, 0.1) is 18.7 Å². The number of carbonyl (C=O) groups excluding carboxylic acids is 1. The topological polar surface area (TPSA) is 90.1 Å². The summed E-state index contributed by atoms with van der Waals surface area (Å²) in [5.41, 5.74) is 6.26. The summed E-state index contributed by atoms with van der Waals surface area (Å²) in [6.45, 7) is 0.221. The van der Waals surface area contributed by atoms with Crippen molar-refractivity contribution in [2.75, 3.05) is 17.7 Å². The predicted molar refractivity (Wildman–Crippen MR) is 76.6 cm³/mol. The maximum absolute atomic E-state index is 11.7. The summed E-state index contributed by atoms with van der Waals surface area (Å²) in [5, 5.41) is 2.87. The van der Waals surface area contributed by atoms with E-state index in [4.69, 9.17) is 22.1 Å². The number of para-hydroxylation sites is 2. The fourth-order valence-corrected chi connectivity index (χ4v) is 1.62. The van der Waals surface area contributed by atoms with Crippen molar-refractivity contribution in [1.82, 2.24) is 9.97 Å². The van der Waals surface area contributed by atoms with Crippen LogP contribution in [0.2, 0.25) is 5.15 Å². The lowest BCUT2D eigenvalue weighted by molar-refractivity contribution is -0.116. The molecule has 2 rings (SSSR count). The van der Waals surface area contributed by atoms with E-state index >= 15 is 0 Å². The van der Waals surface area contributed by atoms with E-state index in [1.165, 1.54) is 12.4 Å². The number of halogens is 1. The van der Waals surface area contributed by atoms with E-state index in [2.05, 4.69) is 15.3 Å². The Hall–Kier alpha value is -2.34. The molecule has 0 aliphatic heterocycles. The standard InChI is InChI=1S/C13H13ClN4O2/c14-11-7-12(17-8-16-11)18-13(19)5-6-20-10-4-2-1-3-9(10)15/h1-4,7-8H,5-6,15H2,(H,16,17,18,19). The molecule has 1 heterocycles. The number of hydrogen-bond acceptors (Lipinski definition) is 5. The highest BCUT2D eigenvalue weighted by Crippen LogP contribution is 2.19. The molecule has 0 fully saturated rings. The highest BCUT2D eigenvalue weighted by atomic mass is 35.5. The van der Waals surface area contributed by atoms with Crippen LogP contribution in [0, 0.1) is 0 Å². The van der Waals surface area contributed by atoms with Crippen molar-refractivity contribution in [3.05, 3.63) is 41.8 Å². The predicted octanol–water partition coefficient (Wildman–Crippen LogP) is 2.12.